The lowest BCUT2D eigenvalue weighted by molar-refractivity contribution is 0.0528. The number of aliphatic hydroxyl groups excluding tert-OH is 1. The van der Waals surface area contributed by atoms with Gasteiger partial charge in [0.05, 0.1) is 18.1 Å². The fourth-order valence-electron chi connectivity index (χ4n) is 1.69. The summed E-state index contributed by atoms with van der Waals surface area (Å²) in [5, 5.41) is 9.16. The van der Waals surface area contributed by atoms with Gasteiger partial charge < -0.3 is 5.11 Å². The second-order valence-corrected chi connectivity index (χ2v) is 6.87. The molecule has 1 N–H and O–H groups in total. The van der Waals surface area contributed by atoms with Crippen LogP contribution in [0, 0.1) is 0 Å². The highest BCUT2D eigenvalue weighted by Crippen LogP contribution is 2.23. The van der Waals surface area contributed by atoms with Crippen molar-refractivity contribution in [1.82, 2.24) is 4.90 Å². The molecule has 1 atom stereocenters. The molecule has 0 aliphatic carbocycles. The Hall–Kier alpha value is -0.130. The molecule has 1 rings (SSSR count). The van der Waals surface area contributed by atoms with E-state index < -0.39 is 9.84 Å². The van der Waals surface area contributed by atoms with E-state index >= 15 is 0 Å². The van der Waals surface area contributed by atoms with Gasteiger partial charge in [-0.3, -0.25) is 4.90 Å². The van der Waals surface area contributed by atoms with Crippen LogP contribution in [0.3, 0.4) is 0 Å². The molecule has 0 aromatic rings. The van der Waals surface area contributed by atoms with Crippen LogP contribution in [0.5, 0.6) is 0 Å². The van der Waals surface area contributed by atoms with Crippen LogP contribution in [0.15, 0.2) is 0 Å². The molecule has 1 aliphatic rings. The largest absolute Gasteiger partial charge is 0.394 e. The molecular weight excluding hydrogens is 202 g/mol. The molecule has 0 spiro atoms. The summed E-state index contributed by atoms with van der Waals surface area (Å²) in [5.74, 6) is 0.510. The molecule has 1 fully saturated rings. The molecule has 0 aromatic heterocycles. The van der Waals surface area contributed by atoms with Crippen molar-refractivity contribution in [1.29, 1.82) is 0 Å². The van der Waals surface area contributed by atoms with Crippen molar-refractivity contribution >= 4 is 9.84 Å². The van der Waals surface area contributed by atoms with Crippen molar-refractivity contribution in [3.8, 4) is 0 Å². The van der Waals surface area contributed by atoms with E-state index in [-0.39, 0.29) is 29.7 Å². The molecule has 0 radical (unpaired) electrons. The van der Waals surface area contributed by atoms with Gasteiger partial charge in [-0.1, -0.05) is 0 Å². The summed E-state index contributed by atoms with van der Waals surface area (Å²) in [5.41, 5.74) is -0.343. The molecule has 1 saturated heterocycles. The Balaban J connectivity index is 2.69. The van der Waals surface area contributed by atoms with E-state index in [9.17, 15) is 8.42 Å². The van der Waals surface area contributed by atoms with Gasteiger partial charge in [-0.25, -0.2) is 8.42 Å². The predicted molar refractivity (Wildman–Crippen MR) is 56.0 cm³/mol. The summed E-state index contributed by atoms with van der Waals surface area (Å²) in [6.07, 6.45) is 0.683. The average molecular weight is 221 g/mol. The lowest BCUT2D eigenvalue weighted by Gasteiger charge is -2.37. The van der Waals surface area contributed by atoms with Gasteiger partial charge in [0.1, 0.15) is 0 Å². The number of aliphatic hydroxyl groups is 1. The van der Waals surface area contributed by atoms with E-state index in [4.69, 9.17) is 5.11 Å². The summed E-state index contributed by atoms with van der Waals surface area (Å²) in [7, 11) is -0.956. The van der Waals surface area contributed by atoms with Crippen molar-refractivity contribution in [2.24, 2.45) is 0 Å². The molecule has 1 aliphatic heterocycles. The van der Waals surface area contributed by atoms with Crippen molar-refractivity contribution < 1.29 is 13.5 Å². The van der Waals surface area contributed by atoms with Crippen LogP contribution >= 0.6 is 0 Å². The first-order valence-electron chi connectivity index (χ1n) is 4.83. The summed E-state index contributed by atoms with van der Waals surface area (Å²) < 4.78 is 22.5. The van der Waals surface area contributed by atoms with Gasteiger partial charge >= 0.3 is 0 Å². The van der Waals surface area contributed by atoms with Crippen LogP contribution in [-0.2, 0) is 9.84 Å². The monoisotopic (exact) mass is 221 g/mol. The lowest BCUT2D eigenvalue weighted by atomic mass is 10.0. The normalized spacial score (nSPS) is 27.1. The quantitative estimate of drug-likeness (QED) is 0.721. The minimum Gasteiger partial charge on any atom is -0.394 e. The van der Waals surface area contributed by atoms with Gasteiger partial charge in [0.2, 0.25) is 0 Å². The first-order valence-corrected chi connectivity index (χ1v) is 6.65. The Morgan fingerprint density at radius 2 is 2.07 bits per heavy atom. The van der Waals surface area contributed by atoms with Gasteiger partial charge in [-0.05, 0) is 27.3 Å². The molecule has 4 nitrogen and oxygen atoms in total. The molecule has 14 heavy (non-hydrogen) atoms. The van der Waals surface area contributed by atoms with Crippen molar-refractivity contribution in [3.05, 3.63) is 0 Å². The molecule has 5 heteroatoms. The Kier molecular flexibility index (Phi) is 3.23. The van der Waals surface area contributed by atoms with Crippen LogP contribution in [-0.4, -0.2) is 55.2 Å². The van der Waals surface area contributed by atoms with E-state index in [1.807, 2.05) is 25.8 Å². The zero-order chi connectivity index (χ0) is 11.0. The Morgan fingerprint density at radius 3 is 2.43 bits per heavy atom. The predicted octanol–water partition coefficient (Wildman–Crippen LogP) is -0.124. The highest BCUT2D eigenvalue weighted by molar-refractivity contribution is 7.91. The zero-order valence-corrected chi connectivity index (χ0v) is 9.84. The summed E-state index contributed by atoms with van der Waals surface area (Å²) >= 11 is 0. The molecule has 0 amide bonds. The fourth-order valence-corrected chi connectivity index (χ4v) is 3.46. The van der Waals surface area contributed by atoms with Crippen LogP contribution < -0.4 is 0 Å². The van der Waals surface area contributed by atoms with E-state index in [2.05, 4.69) is 0 Å². The number of sulfone groups is 1. The number of hydrogen-bond acceptors (Lipinski definition) is 4. The zero-order valence-electron chi connectivity index (χ0n) is 9.02. The topological polar surface area (TPSA) is 57.6 Å². The summed E-state index contributed by atoms with van der Waals surface area (Å²) in [6.45, 7) is 3.87. The SMILES string of the molecule is CN(C1CCS(=O)(=O)C1)C(C)(C)CO. The van der Waals surface area contributed by atoms with Gasteiger partial charge in [0.25, 0.3) is 0 Å². The first kappa shape index (κ1) is 11.9. The first-order chi connectivity index (χ1) is 6.28. The Morgan fingerprint density at radius 1 is 1.50 bits per heavy atom. The molecule has 84 valence electrons. The third-order valence-corrected chi connectivity index (χ3v) is 4.85. The van der Waals surface area contributed by atoms with E-state index in [0.29, 0.717) is 6.42 Å². The number of likely N-dealkylation sites (N-methyl/N-ethyl adjacent to an activating group) is 1. The van der Waals surface area contributed by atoms with E-state index in [0.717, 1.165) is 0 Å². The standard InChI is InChI=1S/C9H19NO3S/c1-9(2,7-11)10(3)8-4-5-14(12,13)6-8/h8,11H,4-7H2,1-3H3. The van der Waals surface area contributed by atoms with Gasteiger partial charge in [-0.15, -0.1) is 0 Å². The van der Waals surface area contributed by atoms with Crippen LogP contribution in [0.4, 0.5) is 0 Å². The smallest absolute Gasteiger partial charge is 0.151 e. The second kappa shape index (κ2) is 3.79. The van der Waals surface area contributed by atoms with E-state index in [1.54, 1.807) is 0 Å². The second-order valence-electron chi connectivity index (χ2n) is 4.64. The number of rotatable bonds is 3. The van der Waals surface area contributed by atoms with E-state index in [1.165, 1.54) is 0 Å². The highest BCUT2D eigenvalue weighted by atomic mass is 32.2. The van der Waals surface area contributed by atoms with Crippen molar-refractivity contribution in [3.63, 3.8) is 0 Å². The maximum atomic E-state index is 11.3. The van der Waals surface area contributed by atoms with Crippen molar-refractivity contribution in [2.45, 2.75) is 31.8 Å². The third kappa shape index (κ3) is 2.46. The summed E-state index contributed by atoms with van der Waals surface area (Å²) in [6, 6.07) is 0.0575. The molecule has 0 bridgehead atoms. The van der Waals surface area contributed by atoms with Crippen LogP contribution in [0.25, 0.3) is 0 Å². The maximum Gasteiger partial charge on any atom is 0.151 e. The highest BCUT2D eigenvalue weighted by Gasteiger charge is 2.36. The molecule has 1 unspecified atom stereocenters. The molecule has 0 aromatic carbocycles. The molecular formula is C9H19NO3S. The Bertz CT molecular complexity index is 297. The minimum absolute atomic E-state index is 0.0417. The van der Waals surface area contributed by atoms with Gasteiger partial charge in [0, 0.05) is 11.6 Å². The fraction of sp³-hybridized carbons (Fsp3) is 1.00. The van der Waals surface area contributed by atoms with Gasteiger partial charge in [0.15, 0.2) is 9.84 Å². The summed E-state index contributed by atoms with van der Waals surface area (Å²) in [4.78, 5) is 1.97. The number of hydrogen-bond donors (Lipinski definition) is 1. The van der Waals surface area contributed by atoms with Crippen LogP contribution in [0.2, 0.25) is 0 Å². The average Bonchev–Trinajstić information content (AvgIpc) is 2.44. The maximum absolute atomic E-state index is 11.3. The van der Waals surface area contributed by atoms with Gasteiger partial charge in [-0.2, -0.15) is 0 Å². The molecule has 1 heterocycles. The third-order valence-electron chi connectivity index (χ3n) is 3.10. The minimum atomic E-state index is -2.83. The number of nitrogens with zero attached hydrogens (tertiary/aromatic N) is 1. The van der Waals surface area contributed by atoms with Crippen LogP contribution in [0.1, 0.15) is 20.3 Å². The van der Waals surface area contributed by atoms with Crippen molar-refractivity contribution in [2.75, 3.05) is 25.2 Å². The molecule has 0 saturated carbocycles. The lowest BCUT2D eigenvalue weighted by Crippen LogP contribution is -2.50. The Labute approximate surface area is 85.8 Å².